The molecule has 0 N–H and O–H groups in total. The lowest BCUT2D eigenvalue weighted by molar-refractivity contribution is 0.109. The number of carbonyl (C=O) groups excluding carboxylic acids is 1. The molecule has 0 bridgehead atoms. The van der Waals surface area contributed by atoms with Crippen LogP contribution in [0.4, 0.5) is 0 Å². The molecule has 1 aromatic heterocycles. The standard InChI is InChI=1S/C14H21NO2/c1-11-3-5-12(6-4-11)15(2)9-13-7-8-14(10-16)17-13/h7-8,10-12H,3-6,9H2,1-2H3. The van der Waals surface area contributed by atoms with Crippen molar-refractivity contribution in [2.24, 2.45) is 5.92 Å². The van der Waals surface area contributed by atoms with Crippen LogP contribution >= 0.6 is 0 Å². The minimum atomic E-state index is 0.422. The minimum Gasteiger partial charge on any atom is -0.457 e. The van der Waals surface area contributed by atoms with E-state index < -0.39 is 0 Å². The van der Waals surface area contributed by atoms with Gasteiger partial charge in [0.2, 0.25) is 0 Å². The van der Waals surface area contributed by atoms with Gasteiger partial charge in [-0.3, -0.25) is 9.69 Å². The van der Waals surface area contributed by atoms with Gasteiger partial charge in [0.1, 0.15) is 5.76 Å². The van der Waals surface area contributed by atoms with Gasteiger partial charge in [0, 0.05) is 6.04 Å². The zero-order valence-corrected chi connectivity index (χ0v) is 10.7. The van der Waals surface area contributed by atoms with E-state index in [0.29, 0.717) is 11.8 Å². The van der Waals surface area contributed by atoms with E-state index in [1.807, 2.05) is 6.07 Å². The van der Waals surface area contributed by atoms with Gasteiger partial charge in [0.15, 0.2) is 12.0 Å². The van der Waals surface area contributed by atoms with Crippen molar-refractivity contribution in [3.63, 3.8) is 0 Å². The Morgan fingerprint density at radius 1 is 1.35 bits per heavy atom. The van der Waals surface area contributed by atoms with Gasteiger partial charge >= 0.3 is 0 Å². The van der Waals surface area contributed by atoms with Crippen molar-refractivity contribution in [3.05, 3.63) is 23.7 Å². The summed E-state index contributed by atoms with van der Waals surface area (Å²) in [6.45, 7) is 3.13. The van der Waals surface area contributed by atoms with Crippen LogP contribution in [0.1, 0.15) is 48.9 Å². The van der Waals surface area contributed by atoms with Gasteiger partial charge in [-0.2, -0.15) is 0 Å². The van der Waals surface area contributed by atoms with E-state index in [4.69, 9.17) is 4.42 Å². The van der Waals surface area contributed by atoms with Crippen LogP contribution in [0.3, 0.4) is 0 Å². The second-order valence-corrected chi connectivity index (χ2v) is 5.25. The molecule has 17 heavy (non-hydrogen) atoms. The molecule has 0 atom stereocenters. The molecule has 0 spiro atoms. The second-order valence-electron chi connectivity index (χ2n) is 5.25. The third kappa shape index (κ3) is 3.19. The van der Waals surface area contributed by atoms with Gasteiger partial charge in [0.05, 0.1) is 6.54 Å². The smallest absolute Gasteiger partial charge is 0.185 e. The van der Waals surface area contributed by atoms with Crippen molar-refractivity contribution in [1.29, 1.82) is 0 Å². The van der Waals surface area contributed by atoms with E-state index in [0.717, 1.165) is 24.5 Å². The average Bonchev–Trinajstić information content (AvgIpc) is 2.77. The first-order valence-corrected chi connectivity index (χ1v) is 6.43. The Labute approximate surface area is 103 Å². The predicted octanol–water partition coefficient (Wildman–Crippen LogP) is 3.10. The molecular weight excluding hydrogens is 214 g/mol. The fraction of sp³-hybridized carbons (Fsp3) is 0.643. The third-order valence-corrected chi connectivity index (χ3v) is 3.81. The van der Waals surface area contributed by atoms with Gasteiger partial charge in [-0.25, -0.2) is 0 Å². The van der Waals surface area contributed by atoms with Crippen LogP contribution in [-0.2, 0) is 6.54 Å². The summed E-state index contributed by atoms with van der Waals surface area (Å²) in [5.74, 6) is 2.18. The van der Waals surface area contributed by atoms with Crippen LogP contribution in [0.5, 0.6) is 0 Å². The van der Waals surface area contributed by atoms with Crippen molar-refractivity contribution in [2.75, 3.05) is 7.05 Å². The number of hydrogen-bond donors (Lipinski definition) is 0. The van der Waals surface area contributed by atoms with Crippen LogP contribution in [-0.4, -0.2) is 24.3 Å². The highest BCUT2D eigenvalue weighted by Crippen LogP contribution is 2.27. The number of aldehydes is 1. The number of rotatable bonds is 4. The maximum absolute atomic E-state index is 10.5. The number of nitrogens with zero attached hydrogens (tertiary/aromatic N) is 1. The van der Waals surface area contributed by atoms with Crippen LogP contribution in [0, 0.1) is 5.92 Å². The molecule has 0 radical (unpaired) electrons. The molecule has 1 aliphatic rings. The van der Waals surface area contributed by atoms with Gasteiger partial charge in [0.25, 0.3) is 0 Å². The van der Waals surface area contributed by atoms with Crippen molar-refractivity contribution >= 4 is 6.29 Å². The lowest BCUT2D eigenvalue weighted by Crippen LogP contribution is -2.34. The van der Waals surface area contributed by atoms with E-state index in [2.05, 4.69) is 18.9 Å². The summed E-state index contributed by atoms with van der Waals surface area (Å²) in [7, 11) is 2.14. The number of carbonyl (C=O) groups is 1. The van der Waals surface area contributed by atoms with E-state index in [1.165, 1.54) is 25.7 Å². The van der Waals surface area contributed by atoms with Crippen LogP contribution in [0.15, 0.2) is 16.5 Å². The Hall–Kier alpha value is -1.09. The summed E-state index contributed by atoms with van der Waals surface area (Å²) in [5, 5.41) is 0. The molecule has 3 nitrogen and oxygen atoms in total. The number of furan rings is 1. The van der Waals surface area contributed by atoms with Gasteiger partial charge in [-0.05, 0) is 50.8 Å². The van der Waals surface area contributed by atoms with E-state index >= 15 is 0 Å². The molecular formula is C14H21NO2. The van der Waals surface area contributed by atoms with E-state index in [9.17, 15) is 4.79 Å². The molecule has 0 aromatic carbocycles. The first-order chi connectivity index (χ1) is 8.19. The van der Waals surface area contributed by atoms with Gasteiger partial charge in [-0.15, -0.1) is 0 Å². The highest BCUT2D eigenvalue weighted by atomic mass is 16.3. The van der Waals surface area contributed by atoms with Crippen LogP contribution in [0.25, 0.3) is 0 Å². The normalized spacial score (nSPS) is 25.1. The molecule has 0 aliphatic heterocycles. The summed E-state index contributed by atoms with van der Waals surface area (Å²) < 4.78 is 5.41. The molecule has 0 unspecified atom stereocenters. The minimum absolute atomic E-state index is 0.422. The monoisotopic (exact) mass is 235 g/mol. The van der Waals surface area contributed by atoms with Crippen LogP contribution < -0.4 is 0 Å². The topological polar surface area (TPSA) is 33.5 Å². The van der Waals surface area contributed by atoms with Crippen molar-refractivity contribution < 1.29 is 9.21 Å². The first-order valence-electron chi connectivity index (χ1n) is 6.43. The molecule has 1 aromatic rings. The quantitative estimate of drug-likeness (QED) is 0.752. The molecule has 1 fully saturated rings. The zero-order valence-electron chi connectivity index (χ0n) is 10.7. The highest BCUT2D eigenvalue weighted by Gasteiger charge is 2.22. The summed E-state index contributed by atoms with van der Waals surface area (Å²) >= 11 is 0. The summed E-state index contributed by atoms with van der Waals surface area (Å²) in [6.07, 6.45) is 5.96. The molecule has 0 amide bonds. The highest BCUT2D eigenvalue weighted by molar-refractivity contribution is 5.70. The van der Waals surface area contributed by atoms with E-state index in [1.54, 1.807) is 6.07 Å². The fourth-order valence-electron chi connectivity index (χ4n) is 2.60. The maximum atomic E-state index is 10.5. The molecule has 2 rings (SSSR count). The van der Waals surface area contributed by atoms with E-state index in [-0.39, 0.29) is 0 Å². The Morgan fingerprint density at radius 3 is 2.65 bits per heavy atom. The van der Waals surface area contributed by atoms with Gasteiger partial charge < -0.3 is 4.42 Å². The van der Waals surface area contributed by atoms with Crippen molar-refractivity contribution in [1.82, 2.24) is 4.90 Å². The molecule has 3 heteroatoms. The summed E-state index contributed by atoms with van der Waals surface area (Å²) in [4.78, 5) is 12.9. The molecule has 94 valence electrons. The predicted molar refractivity (Wildman–Crippen MR) is 67.0 cm³/mol. The third-order valence-electron chi connectivity index (χ3n) is 3.81. The zero-order chi connectivity index (χ0) is 12.3. The van der Waals surface area contributed by atoms with Crippen molar-refractivity contribution in [2.45, 2.75) is 45.2 Å². The Balaban J connectivity index is 1.87. The van der Waals surface area contributed by atoms with Crippen LogP contribution in [0.2, 0.25) is 0 Å². The largest absolute Gasteiger partial charge is 0.457 e. The molecule has 1 saturated carbocycles. The van der Waals surface area contributed by atoms with Crippen molar-refractivity contribution in [3.8, 4) is 0 Å². The lowest BCUT2D eigenvalue weighted by Gasteiger charge is -2.33. The Bertz CT molecular complexity index is 364. The molecule has 1 heterocycles. The first kappa shape index (κ1) is 12.4. The van der Waals surface area contributed by atoms with Gasteiger partial charge in [-0.1, -0.05) is 6.92 Å². The molecule has 1 aliphatic carbocycles. The Morgan fingerprint density at radius 2 is 2.06 bits per heavy atom. The summed E-state index contributed by atoms with van der Waals surface area (Å²) in [5.41, 5.74) is 0. The maximum Gasteiger partial charge on any atom is 0.185 e. The fourth-order valence-corrected chi connectivity index (χ4v) is 2.60. The number of hydrogen-bond acceptors (Lipinski definition) is 3. The SMILES string of the molecule is CC1CCC(N(C)Cc2ccc(C=O)o2)CC1. The average molecular weight is 235 g/mol. The summed E-state index contributed by atoms with van der Waals surface area (Å²) in [6, 6.07) is 4.29. The lowest BCUT2D eigenvalue weighted by atomic mass is 9.87. The molecule has 0 saturated heterocycles. The second kappa shape index (κ2) is 5.50. The Kier molecular flexibility index (Phi) is 4.00.